The molecule has 198 valence electrons. The number of fused-ring (bicyclic) bond motifs is 1. The monoisotopic (exact) mass is 525 g/mol. The Labute approximate surface area is 223 Å². The maximum atomic E-state index is 13.6. The van der Waals surface area contributed by atoms with Crippen molar-refractivity contribution in [2.75, 3.05) is 26.2 Å². The molecule has 0 radical (unpaired) electrons. The Morgan fingerprint density at radius 1 is 1.14 bits per heavy atom. The Bertz CT molecular complexity index is 1270. The van der Waals surface area contributed by atoms with Crippen LogP contribution in [0.1, 0.15) is 52.4 Å². The van der Waals surface area contributed by atoms with Crippen LogP contribution >= 0.6 is 11.6 Å². The molecule has 0 bridgehead atoms. The first-order valence-corrected chi connectivity index (χ1v) is 13.6. The first-order chi connectivity index (χ1) is 17.9. The molecule has 3 heterocycles. The highest BCUT2D eigenvalue weighted by Crippen LogP contribution is 2.23. The van der Waals surface area contributed by atoms with E-state index < -0.39 is 0 Å². The number of carbonyl (C=O) groups excluding carboxylic acids is 1. The Morgan fingerprint density at radius 2 is 1.89 bits per heavy atom. The fourth-order valence-corrected chi connectivity index (χ4v) is 4.88. The van der Waals surface area contributed by atoms with Crippen molar-refractivity contribution in [3.63, 3.8) is 0 Å². The smallest absolute Gasteiger partial charge is 0.263 e. The van der Waals surface area contributed by atoms with Crippen LogP contribution in [0.3, 0.4) is 0 Å². The third-order valence-corrected chi connectivity index (χ3v) is 6.69. The standard InChI is InChI=1S/C28H36ClN5O3/c1-20(2)31-25(35)19-34-27(21-10-8-11-22(29)16-21)32-26-24(28(34)36)17-23(18-30-26)37-15-9-14-33-12-6-4-3-5-7-13-33/h8,10-11,16-18,20H,3-7,9,12-15,19H2,1-2H3,(H,31,35). The van der Waals surface area contributed by atoms with Gasteiger partial charge in [-0.1, -0.05) is 43.0 Å². The molecule has 0 saturated carbocycles. The van der Waals surface area contributed by atoms with Crippen molar-refractivity contribution in [1.29, 1.82) is 0 Å². The van der Waals surface area contributed by atoms with Crippen LogP contribution in [0.25, 0.3) is 22.4 Å². The molecule has 0 aliphatic carbocycles. The number of carbonyl (C=O) groups is 1. The number of aromatic nitrogens is 3. The van der Waals surface area contributed by atoms with Crippen LogP contribution in [0.5, 0.6) is 5.75 Å². The zero-order chi connectivity index (χ0) is 26.2. The van der Waals surface area contributed by atoms with Crippen LogP contribution < -0.4 is 15.6 Å². The molecule has 1 amide bonds. The zero-order valence-corrected chi connectivity index (χ0v) is 22.5. The Kier molecular flexibility index (Phi) is 9.52. The number of nitrogens with one attached hydrogen (secondary N) is 1. The number of nitrogens with zero attached hydrogens (tertiary/aromatic N) is 4. The van der Waals surface area contributed by atoms with Gasteiger partial charge in [0.05, 0.1) is 18.2 Å². The summed E-state index contributed by atoms with van der Waals surface area (Å²) in [4.78, 5) is 37.8. The number of amides is 1. The lowest BCUT2D eigenvalue weighted by Gasteiger charge is -2.24. The van der Waals surface area contributed by atoms with Gasteiger partial charge in [-0.15, -0.1) is 0 Å². The first-order valence-electron chi connectivity index (χ1n) is 13.2. The number of hydrogen-bond acceptors (Lipinski definition) is 6. The van der Waals surface area contributed by atoms with Gasteiger partial charge in [0.2, 0.25) is 5.91 Å². The van der Waals surface area contributed by atoms with Crippen LogP contribution in [0.15, 0.2) is 41.3 Å². The fourth-order valence-electron chi connectivity index (χ4n) is 4.69. The van der Waals surface area contributed by atoms with Gasteiger partial charge in [0.15, 0.2) is 5.65 Å². The van der Waals surface area contributed by atoms with Gasteiger partial charge in [-0.25, -0.2) is 9.97 Å². The SMILES string of the molecule is CC(C)NC(=O)Cn1c(-c2cccc(Cl)c2)nc2ncc(OCCCN3CCCCCCC3)cc2c1=O. The van der Waals surface area contributed by atoms with Gasteiger partial charge in [0.25, 0.3) is 5.56 Å². The zero-order valence-electron chi connectivity index (χ0n) is 21.7. The second-order valence-electron chi connectivity index (χ2n) is 9.91. The minimum atomic E-state index is -0.350. The van der Waals surface area contributed by atoms with E-state index in [-0.39, 0.29) is 24.1 Å². The van der Waals surface area contributed by atoms with Crippen LogP contribution in [0, 0.1) is 0 Å². The Morgan fingerprint density at radius 3 is 2.62 bits per heavy atom. The molecule has 1 aromatic carbocycles. The molecular weight excluding hydrogens is 490 g/mol. The van der Waals surface area contributed by atoms with Crippen molar-refractivity contribution < 1.29 is 9.53 Å². The summed E-state index contributed by atoms with van der Waals surface area (Å²) in [5, 5.41) is 3.66. The predicted molar refractivity (Wildman–Crippen MR) is 147 cm³/mol. The van der Waals surface area contributed by atoms with Gasteiger partial charge < -0.3 is 15.0 Å². The number of pyridine rings is 1. The van der Waals surface area contributed by atoms with Gasteiger partial charge in [-0.2, -0.15) is 0 Å². The number of likely N-dealkylation sites (tertiary alicyclic amines) is 1. The van der Waals surface area contributed by atoms with E-state index in [4.69, 9.17) is 16.3 Å². The third kappa shape index (κ3) is 7.52. The van der Waals surface area contributed by atoms with E-state index in [0.29, 0.717) is 39.8 Å². The highest BCUT2D eigenvalue weighted by atomic mass is 35.5. The molecule has 1 fully saturated rings. The third-order valence-electron chi connectivity index (χ3n) is 6.45. The summed E-state index contributed by atoms with van der Waals surface area (Å²) in [6.07, 6.45) is 9.03. The van der Waals surface area contributed by atoms with Crippen molar-refractivity contribution in [1.82, 2.24) is 24.8 Å². The second kappa shape index (κ2) is 13.0. The second-order valence-corrected chi connectivity index (χ2v) is 10.3. The molecule has 1 saturated heterocycles. The van der Waals surface area contributed by atoms with Gasteiger partial charge in [-0.05, 0) is 64.4 Å². The molecule has 37 heavy (non-hydrogen) atoms. The summed E-state index contributed by atoms with van der Waals surface area (Å²) in [6.45, 7) is 7.44. The number of ether oxygens (including phenoxy) is 1. The molecule has 1 aliphatic heterocycles. The maximum Gasteiger partial charge on any atom is 0.263 e. The highest BCUT2D eigenvalue weighted by molar-refractivity contribution is 6.30. The molecule has 2 aromatic heterocycles. The lowest BCUT2D eigenvalue weighted by molar-refractivity contribution is -0.122. The molecule has 8 nitrogen and oxygen atoms in total. The summed E-state index contributed by atoms with van der Waals surface area (Å²) in [5.41, 5.74) is 0.584. The quantitative estimate of drug-likeness (QED) is 0.408. The summed E-state index contributed by atoms with van der Waals surface area (Å²) >= 11 is 6.20. The van der Waals surface area contributed by atoms with Crippen molar-refractivity contribution >= 4 is 28.5 Å². The topological polar surface area (TPSA) is 89.3 Å². The average molecular weight is 526 g/mol. The molecule has 4 rings (SSSR count). The van der Waals surface area contributed by atoms with E-state index in [1.165, 1.54) is 36.7 Å². The molecule has 0 unspecified atom stereocenters. The highest BCUT2D eigenvalue weighted by Gasteiger charge is 2.18. The number of hydrogen-bond donors (Lipinski definition) is 1. The van der Waals surface area contributed by atoms with E-state index in [9.17, 15) is 9.59 Å². The minimum absolute atomic E-state index is 0.0494. The fraction of sp³-hybridized carbons (Fsp3) is 0.500. The van der Waals surface area contributed by atoms with Crippen molar-refractivity contribution in [2.24, 2.45) is 0 Å². The summed E-state index contributed by atoms with van der Waals surface area (Å²) in [5.74, 6) is 0.590. The summed E-state index contributed by atoms with van der Waals surface area (Å²) in [7, 11) is 0. The van der Waals surface area contributed by atoms with E-state index in [0.717, 1.165) is 26.1 Å². The predicted octanol–water partition coefficient (Wildman–Crippen LogP) is 4.67. The van der Waals surface area contributed by atoms with Gasteiger partial charge in [0, 0.05) is 23.2 Å². The van der Waals surface area contributed by atoms with Crippen LogP contribution in [-0.4, -0.2) is 57.6 Å². The van der Waals surface area contributed by atoms with Gasteiger partial charge in [-0.3, -0.25) is 14.2 Å². The molecule has 0 spiro atoms. The normalized spacial score (nSPS) is 14.9. The van der Waals surface area contributed by atoms with Crippen LogP contribution in [0.4, 0.5) is 0 Å². The van der Waals surface area contributed by atoms with Crippen molar-refractivity contribution in [3.8, 4) is 17.1 Å². The number of halogens is 1. The van der Waals surface area contributed by atoms with Crippen molar-refractivity contribution in [3.05, 3.63) is 51.9 Å². The van der Waals surface area contributed by atoms with E-state index in [1.54, 1.807) is 36.5 Å². The first kappa shape index (κ1) is 27.1. The molecule has 9 heteroatoms. The average Bonchev–Trinajstić information content (AvgIpc) is 2.84. The maximum absolute atomic E-state index is 13.6. The lowest BCUT2D eigenvalue weighted by Crippen LogP contribution is -2.37. The molecule has 3 aromatic rings. The van der Waals surface area contributed by atoms with E-state index in [2.05, 4.69) is 20.2 Å². The molecule has 1 aliphatic rings. The summed E-state index contributed by atoms with van der Waals surface area (Å²) < 4.78 is 7.33. The molecule has 1 N–H and O–H groups in total. The minimum Gasteiger partial charge on any atom is -0.492 e. The lowest BCUT2D eigenvalue weighted by atomic mass is 10.1. The largest absolute Gasteiger partial charge is 0.492 e. The van der Waals surface area contributed by atoms with Gasteiger partial charge in [0.1, 0.15) is 18.1 Å². The number of rotatable bonds is 9. The van der Waals surface area contributed by atoms with E-state index >= 15 is 0 Å². The Hall–Kier alpha value is -2.97. The molecular formula is C28H36ClN5O3. The van der Waals surface area contributed by atoms with Crippen molar-refractivity contribution in [2.45, 2.75) is 65.0 Å². The van der Waals surface area contributed by atoms with Crippen LogP contribution in [0.2, 0.25) is 5.02 Å². The van der Waals surface area contributed by atoms with Gasteiger partial charge >= 0.3 is 0 Å². The van der Waals surface area contributed by atoms with Crippen LogP contribution in [-0.2, 0) is 11.3 Å². The molecule has 0 atom stereocenters. The number of benzene rings is 1. The Balaban J connectivity index is 1.55. The van der Waals surface area contributed by atoms with E-state index in [1.807, 2.05) is 13.8 Å². The summed E-state index contributed by atoms with van der Waals surface area (Å²) in [6, 6.07) is 8.67.